The highest BCUT2D eigenvalue weighted by atomic mass is 79.9. The fourth-order valence-electron chi connectivity index (χ4n) is 1.66. The number of hydrogen-bond donors (Lipinski definition) is 2. The van der Waals surface area contributed by atoms with Gasteiger partial charge in [-0.1, -0.05) is 23.7 Å². The van der Waals surface area contributed by atoms with E-state index in [-0.39, 0.29) is 0 Å². The van der Waals surface area contributed by atoms with Crippen molar-refractivity contribution in [1.82, 2.24) is 4.98 Å². The minimum absolute atomic E-state index is 0.484. The Bertz CT molecular complexity index is 606. The number of nitrogens with one attached hydrogen (secondary N) is 1. The van der Waals surface area contributed by atoms with Crippen LogP contribution in [0.1, 0.15) is 11.6 Å². The Balaban J connectivity index is 2.29. The fourth-order valence-corrected chi connectivity index (χ4v) is 2.23. The largest absolute Gasteiger partial charge is 0.369 e. The molecule has 19 heavy (non-hydrogen) atoms. The molecule has 0 radical (unpaired) electrons. The molecule has 2 aromatic rings. The highest BCUT2D eigenvalue weighted by Crippen LogP contribution is 2.23. The van der Waals surface area contributed by atoms with E-state index in [1.54, 1.807) is 36.7 Å². The Morgan fingerprint density at radius 3 is 2.79 bits per heavy atom. The van der Waals surface area contributed by atoms with Gasteiger partial charge in [-0.2, -0.15) is 0 Å². The second-order valence-electron chi connectivity index (χ2n) is 3.93. The third kappa shape index (κ3) is 3.68. The van der Waals surface area contributed by atoms with E-state index in [4.69, 9.17) is 17.3 Å². The van der Waals surface area contributed by atoms with Gasteiger partial charge in [0.15, 0.2) is 0 Å². The molecule has 1 aromatic heterocycles. The number of nitrogens with two attached hydrogens (primary N) is 1. The number of nitrogens with zero attached hydrogens (tertiary/aromatic N) is 1. The lowest BCUT2D eigenvalue weighted by molar-refractivity contribution is -0.118. The van der Waals surface area contributed by atoms with Crippen LogP contribution in [0, 0.1) is 0 Å². The summed E-state index contributed by atoms with van der Waals surface area (Å²) in [7, 11) is 0. The molecule has 1 amide bonds. The van der Waals surface area contributed by atoms with Gasteiger partial charge in [-0.3, -0.25) is 9.78 Å². The predicted octanol–water partition coefficient (Wildman–Crippen LogP) is 3.14. The third-order valence-electron chi connectivity index (χ3n) is 2.48. The second kappa shape index (κ2) is 6.04. The quantitative estimate of drug-likeness (QED) is 0.898. The Morgan fingerprint density at radius 2 is 2.16 bits per heavy atom. The van der Waals surface area contributed by atoms with Crippen LogP contribution >= 0.6 is 27.5 Å². The molecule has 0 saturated heterocycles. The highest BCUT2D eigenvalue weighted by Gasteiger charge is 2.18. The molecule has 6 heteroatoms. The fraction of sp³-hybridized carbons (Fsp3) is 0.0769. The third-order valence-corrected chi connectivity index (χ3v) is 3.15. The molecule has 0 bridgehead atoms. The zero-order valence-electron chi connectivity index (χ0n) is 9.81. The number of rotatable bonds is 4. The molecular formula is C13H11BrClN3O. The molecule has 2 rings (SSSR count). The average Bonchev–Trinajstić information content (AvgIpc) is 2.35. The predicted molar refractivity (Wildman–Crippen MR) is 78.9 cm³/mol. The van der Waals surface area contributed by atoms with Crippen LogP contribution in [-0.4, -0.2) is 10.9 Å². The zero-order valence-corrected chi connectivity index (χ0v) is 12.1. The van der Waals surface area contributed by atoms with Gasteiger partial charge >= 0.3 is 0 Å². The van der Waals surface area contributed by atoms with E-state index in [1.807, 2.05) is 6.07 Å². The first kappa shape index (κ1) is 13.8. The van der Waals surface area contributed by atoms with Gasteiger partial charge in [-0.05, 0) is 39.7 Å². The molecular weight excluding hydrogens is 330 g/mol. The van der Waals surface area contributed by atoms with Gasteiger partial charge in [-0.15, -0.1) is 0 Å². The molecule has 0 saturated carbocycles. The minimum Gasteiger partial charge on any atom is -0.369 e. The monoisotopic (exact) mass is 339 g/mol. The van der Waals surface area contributed by atoms with Crippen LogP contribution in [0.5, 0.6) is 0 Å². The van der Waals surface area contributed by atoms with Gasteiger partial charge in [0.2, 0.25) is 5.91 Å². The van der Waals surface area contributed by atoms with Crippen LogP contribution in [-0.2, 0) is 4.79 Å². The normalized spacial score (nSPS) is 11.9. The molecule has 3 N–H and O–H groups in total. The molecule has 0 aliphatic carbocycles. The summed E-state index contributed by atoms with van der Waals surface area (Å²) in [6.07, 6.45) is 3.27. The maximum atomic E-state index is 11.6. The van der Waals surface area contributed by atoms with E-state index in [0.717, 1.165) is 4.47 Å². The van der Waals surface area contributed by atoms with Crippen molar-refractivity contribution < 1.29 is 4.79 Å². The Morgan fingerprint density at radius 1 is 1.37 bits per heavy atom. The number of hydrogen-bond acceptors (Lipinski definition) is 3. The molecule has 1 atom stereocenters. The number of aromatic nitrogens is 1. The lowest BCUT2D eigenvalue weighted by Gasteiger charge is -2.17. The summed E-state index contributed by atoms with van der Waals surface area (Å²) in [4.78, 5) is 15.6. The maximum absolute atomic E-state index is 11.6. The van der Waals surface area contributed by atoms with Crippen molar-refractivity contribution in [2.45, 2.75) is 6.04 Å². The first-order chi connectivity index (χ1) is 9.06. The van der Waals surface area contributed by atoms with Gasteiger partial charge in [0, 0.05) is 15.7 Å². The number of anilines is 1. The Labute approximate surface area is 124 Å². The lowest BCUT2D eigenvalue weighted by Crippen LogP contribution is -2.27. The van der Waals surface area contributed by atoms with Crippen LogP contribution in [0.2, 0.25) is 5.02 Å². The summed E-state index contributed by atoms with van der Waals surface area (Å²) in [6, 6.07) is 8.16. The van der Waals surface area contributed by atoms with E-state index in [2.05, 4.69) is 26.2 Å². The summed E-state index contributed by atoms with van der Waals surface area (Å²) in [6.45, 7) is 0. The van der Waals surface area contributed by atoms with E-state index >= 15 is 0 Å². The van der Waals surface area contributed by atoms with Gasteiger partial charge in [0.1, 0.15) is 6.04 Å². The van der Waals surface area contributed by atoms with Crippen molar-refractivity contribution in [3.63, 3.8) is 0 Å². The Kier molecular flexibility index (Phi) is 4.39. The first-order valence-corrected chi connectivity index (χ1v) is 6.65. The van der Waals surface area contributed by atoms with Crippen molar-refractivity contribution in [2.75, 3.05) is 5.32 Å². The summed E-state index contributed by atoms with van der Waals surface area (Å²) in [5.41, 5.74) is 6.83. The van der Waals surface area contributed by atoms with Crippen LogP contribution < -0.4 is 11.1 Å². The number of halogens is 2. The summed E-state index contributed by atoms with van der Waals surface area (Å²) < 4.78 is 0.812. The number of benzene rings is 1. The number of pyridine rings is 1. The van der Waals surface area contributed by atoms with Crippen LogP contribution in [0.25, 0.3) is 0 Å². The van der Waals surface area contributed by atoms with Crippen molar-refractivity contribution in [3.8, 4) is 0 Å². The molecule has 0 aliphatic rings. The van der Waals surface area contributed by atoms with Crippen molar-refractivity contribution in [2.24, 2.45) is 5.73 Å². The van der Waals surface area contributed by atoms with Gasteiger partial charge in [0.05, 0.1) is 11.9 Å². The topological polar surface area (TPSA) is 68.0 Å². The number of amides is 1. The molecule has 0 spiro atoms. The summed E-state index contributed by atoms with van der Waals surface area (Å²) in [5.74, 6) is -0.484. The first-order valence-electron chi connectivity index (χ1n) is 5.48. The molecule has 0 aliphatic heterocycles. The van der Waals surface area contributed by atoms with Crippen LogP contribution in [0.4, 0.5) is 5.69 Å². The lowest BCUT2D eigenvalue weighted by atomic mass is 10.1. The molecule has 4 nitrogen and oxygen atoms in total. The van der Waals surface area contributed by atoms with E-state index in [0.29, 0.717) is 16.3 Å². The maximum Gasteiger partial charge on any atom is 0.244 e. The van der Waals surface area contributed by atoms with Gasteiger partial charge < -0.3 is 11.1 Å². The molecule has 98 valence electrons. The van der Waals surface area contributed by atoms with Crippen molar-refractivity contribution >= 4 is 39.1 Å². The summed E-state index contributed by atoms with van der Waals surface area (Å²) in [5, 5.41) is 3.59. The Hall–Kier alpha value is -1.59. The molecule has 0 fully saturated rings. The second-order valence-corrected chi connectivity index (χ2v) is 5.28. The summed E-state index contributed by atoms with van der Waals surface area (Å²) >= 11 is 9.24. The smallest absolute Gasteiger partial charge is 0.244 e. The van der Waals surface area contributed by atoms with Crippen LogP contribution in [0.15, 0.2) is 47.2 Å². The molecule has 1 heterocycles. The molecule has 1 unspecified atom stereocenters. The SMILES string of the molecule is NC(=O)C(Nc1cncc(Br)c1)c1cccc(Cl)c1. The number of carbonyl (C=O) groups excluding carboxylic acids is 1. The van der Waals surface area contributed by atoms with Crippen LogP contribution in [0.3, 0.4) is 0 Å². The van der Waals surface area contributed by atoms with Crippen molar-refractivity contribution in [1.29, 1.82) is 0 Å². The van der Waals surface area contributed by atoms with E-state index in [1.165, 1.54) is 0 Å². The highest BCUT2D eigenvalue weighted by molar-refractivity contribution is 9.10. The van der Waals surface area contributed by atoms with E-state index < -0.39 is 11.9 Å². The van der Waals surface area contributed by atoms with Gasteiger partial charge in [0.25, 0.3) is 0 Å². The number of primary amides is 1. The molecule has 1 aromatic carbocycles. The average molecular weight is 341 g/mol. The minimum atomic E-state index is -0.658. The zero-order chi connectivity index (χ0) is 13.8. The van der Waals surface area contributed by atoms with Crippen molar-refractivity contribution in [3.05, 3.63) is 57.8 Å². The van der Waals surface area contributed by atoms with E-state index in [9.17, 15) is 4.79 Å². The number of carbonyl (C=O) groups is 1. The standard InChI is InChI=1S/C13H11BrClN3O/c14-9-5-11(7-17-6-9)18-12(13(16)19)8-2-1-3-10(15)4-8/h1-7,12,18H,(H2,16,19). The van der Waals surface area contributed by atoms with Gasteiger partial charge in [-0.25, -0.2) is 0 Å².